The molecule has 1 heterocycles. The van der Waals surface area contributed by atoms with Gasteiger partial charge in [0.2, 0.25) is 5.91 Å². The molecule has 0 spiro atoms. The second kappa shape index (κ2) is 6.97. The molecule has 0 fully saturated rings. The van der Waals surface area contributed by atoms with Crippen molar-refractivity contribution in [2.45, 2.75) is 6.42 Å². The molecule has 0 aliphatic carbocycles. The van der Waals surface area contributed by atoms with E-state index in [1.54, 1.807) is 19.2 Å². The molecule has 0 bridgehead atoms. The number of nitrogens with one attached hydrogen (secondary N) is 2. The van der Waals surface area contributed by atoms with Crippen LogP contribution in [0.1, 0.15) is 5.56 Å². The minimum atomic E-state index is -0.834. The third-order valence-electron chi connectivity index (χ3n) is 4.01. The number of amides is 1. The molecule has 0 saturated heterocycles. The Balaban J connectivity index is 1.79. The number of carbonyl (C=O) groups is 1. The van der Waals surface area contributed by atoms with Crippen LogP contribution in [0, 0.1) is 17.2 Å². The molecule has 0 aliphatic heterocycles. The van der Waals surface area contributed by atoms with Crippen molar-refractivity contribution in [1.29, 1.82) is 5.26 Å². The number of ether oxygens (including phenoxy) is 1. The predicted octanol–water partition coefficient (Wildman–Crippen LogP) is 3.20. The number of nitrogens with zero attached hydrogens (tertiary/aromatic N) is 1. The van der Waals surface area contributed by atoms with Crippen molar-refractivity contribution in [1.82, 2.24) is 4.98 Å². The number of phenols is 1. The first-order valence-corrected chi connectivity index (χ1v) is 7.74. The molecule has 1 amide bonds. The van der Waals surface area contributed by atoms with Gasteiger partial charge in [-0.25, -0.2) is 0 Å². The number of rotatable bonds is 5. The highest BCUT2D eigenvalue weighted by molar-refractivity contribution is 5.95. The summed E-state index contributed by atoms with van der Waals surface area (Å²) in [5, 5.41) is 22.3. The van der Waals surface area contributed by atoms with Crippen LogP contribution in [0.25, 0.3) is 10.9 Å². The van der Waals surface area contributed by atoms with Crippen LogP contribution in [-0.4, -0.2) is 23.1 Å². The summed E-state index contributed by atoms with van der Waals surface area (Å²) in [4.78, 5) is 15.5. The molecule has 3 aromatic rings. The summed E-state index contributed by atoms with van der Waals surface area (Å²) in [6, 6.07) is 13.8. The minimum absolute atomic E-state index is 0.113. The number of nitriles is 1. The van der Waals surface area contributed by atoms with Crippen molar-refractivity contribution in [2.75, 3.05) is 12.4 Å². The lowest BCUT2D eigenvalue weighted by Gasteiger charge is -2.10. The molecule has 0 radical (unpaired) electrons. The molecule has 3 rings (SSSR count). The standard InChI is InChI=1S/C19H17N3O3/c1-25-16-6-7-18-17(9-16)13(11-21-18)8-12(10-20)19(24)22-14-2-4-15(23)5-3-14/h2-7,9,11-12,21,23H,8H2,1H3,(H,22,24)/t12-/m1/s1. The number of aromatic nitrogens is 1. The Labute approximate surface area is 144 Å². The number of carbonyl (C=O) groups excluding carboxylic acids is 1. The van der Waals surface area contributed by atoms with Gasteiger partial charge in [0.05, 0.1) is 13.2 Å². The fourth-order valence-electron chi connectivity index (χ4n) is 2.64. The lowest BCUT2D eigenvalue weighted by Crippen LogP contribution is -2.23. The van der Waals surface area contributed by atoms with Crippen LogP contribution in [-0.2, 0) is 11.2 Å². The van der Waals surface area contributed by atoms with Crippen molar-refractivity contribution in [3.05, 3.63) is 54.2 Å². The van der Waals surface area contributed by atoms with Gasteiger partial charge in [-0.3, -0.25) is 4.79 Å². The van der Waals surface area contributed by atoms with E-state index in [0.717, 1.165) is 22.2 Å². The van der Waals surface area contributed by atoms with Gasteiger partial charge in [0.25, 0.3) is 0 Å². The summed E-state index contributed by atoms with van der Waals surface area (Å²) in [6.45, 7) is 0. The molecule has 1 atom stereocenters. The summed E-state index contributed by atoms with van der Waals surface area (Å²) in [5.74, 6) is -0.387. The van der Waals surface area contributed by atoms with Crippen molar-refractivity contribution in [2.24, 2.45) is 5.92 Å². The summed E-state index contributed by atoms with van der Waals surface area (Å²) in [6.07, 6.45) is 2.09. The fourth-order valence-corrected chi connectivity index (χ4v) is 2.64. The SMILES string of the molecule is COc1ccc2[nH]cc(C[C@H](C#N)C(=O)Nc3ccc(O)cc3)c2c1. The van der Waals surface area contributed by atoms with Crippen LogP contribution < -0.4 is 10.1 Å². The highest BCUT2D eigenvalue weighted by Gasteiger charge is 2.20. The number of aromatic hydroxyl groups is 1. The van der Waals surface area contributed by atoms with Gasteiger partial charge in [-0.1, -0.05) is 0 Å². The van der Waals surface area contributed by atoms with Crippen molar-refractivity contribution >= 4 is 22.5 Å². The Bertz CT molecular complexity index is 939. The lowest BCUT2D eigenvalue weighted by molar-refractivity contribution is -0.118. The number of H-pyrrole nitrogens is 1. The smallest absolute Gasteiger partial charge is 0.242 e. The number of fused-ring (bicyclic) bond motifs is 1. The molecule has 3 N–H and O–H groups in total. The molecule has 6 nitrogen and oxygen atoms in total. The first-order chi connectivity index (χ1) is 12.1. The van der Waals surface area contributed by atoms with Crippen LogP contribution >= 0.6 is 0 Å². The molecule has 0 unspecified atom stereocenters. The van der Waals surface area contributed by atoms with E-state index in [-0.39, 0.29) is 18.1 Å². The van der Waals surface area contributed by atoms with Crippen LogP contribution in [0.3, 0.4) is 0 Å². The van der Waals surface area contributed by atoms with Gasteiger partial charge >= 0.3 is 0 Å². The Kier molecular flexibility index (Phi) is 4.57. The molecule has 126 valence electrons. The first kappa shape index (κ1) is 16.4. The van der Waals surface area contributed by atoms with Crippen molar-refractivity contribution in [3.8, 4) is 17.6 Å². The van der Waals surface area contributed by atoms with E-state index in [2.05, 4.69) is 16.4 Å². The van der Waals surface area contributed by atoms with Gasteiger partial charge in [-0.05, 0) is 54.4 Å². The third kappa shape index (κ3) is 3.56. The monoisotopic (exact) mass is 335 g/mol. The topological polar surface area (TPSA) is 98.1 Å². The van der Waals surface area contributed by atoms with E-state index in [0.29, 0.717) is 5.69 Å². The number of hydrogen-bond acceptors (Lipinski definition) is 4. The van der Waals surface area contributed by atoms with Crippen LogP contribution in [0.4, 0.5) is 5.69 Å². The van der Waals surface area contributed by atoms with Crippen molar-refractivity contribution < 1.29 is 14.6 Å². The number of aromatic amines is 1. The average molecular weight is 335 g/mol. The summed E-state index contributed by atoms with van der Waals surface area (Å²) in [5.41, 5.74) is 2.33. The maximum atomic E-state index is 12.4. The average Bonchev–Trinajstić information content (AvgIpc) is 3.03. The van der Waals surface area contributed by atoms with E-state index in [1.807, 2.05) is 24.4 Å². The molecule has 25 heavy (non-hydrogen) atoms. The molecule has 2 aromatic carbocycles. The van der Waals surface area contributed by atoms with Gasteiger partial charge in [-0.2, -0.15) is 5.26 Å². The van der Waals surface area contributed by atoms with Crippen molar-refractivity contribution in [3.63, 3.8) is 0 Å². The Morgan fingerprint density at radius 3 is 2.76 bits per heavy atom. The lowest BCUT2D eigenvalue weighted by atomic mass is 9.99. The molecular formula is C19H17N3O3. The minimum Gasteiger partial charge on any atom is -0.508 e. The van der Waals surface area contributed by atoms with Crippen LogP contribution in [0.15, 0.2) is 48.7 Å². The highest BCUT2D eigenvalue weighted by Crippen LogP contribution is 2.26. The quantitative estimate of drug-likeness (QED) is 0.624. The van der Waals surface area contributed by atoms with Gasteiger partial charge in [-0.15, -0.1) is 0 Å². The van der Waals surface area contributed by atoms with Gasteiger partial charge in [0, 0.05) is 22.8 Å². The molecular weight excluding hydrogens is 318 g/mol. The highest BCUT2D eigenvalue weighted by atomic mass is 16.5. The normalized spacial score (nSPS) is 11.7. The van der Waals surface area contributed by atoms with E-state index in [1.165, 1.54) is 12.1 Å². The summed E-state index contributed by atoms with van der Waals surface area (Å²) >= 11 is 0. The maximum Gasteiger partial charge on any atom is 0.242 e. The Hall–Kier alpha value is -3.46. The second-order valence-electron chi connectivity index (χ2n) is 5.65. The number of benzene rings is 2. The summed E-state index contributed by atoms with van der Waals surface area (Å²) < 4.78 is 5.24. The Morgan fingerprint density at radius 2 is 2.08 bits per heavy atom. The number of anilines is 1. The second-order valence-corrected chi connectivity index (χ2v) is 5.65. The van der Waals surface area contributed by atoms with Crippen LogP contribution in [0.5, 0.6) is 11.5 Å². The first-order valence-electron chi connectivity index (χ1n) is 7.74. The third-order valence-corrected chi connectivity index (χ3v) is 4.01. The zero-order chi connectivity index (χ0) is 17.8. The fraction of sp³-hybridized carbons (Fsp3) is 0.158. The van der Waals surface area contributed by atoms with Gasteiger partial charge < -0.3 is 20.1 Å². The maximum absolute atomic E-state index is 12.4. The van der Waals surface area contributed by atoms with E-state index < -0.39 is 5.92 Å². The molecule has 6 heteroatoms. The summed E-state index contributed by atoms with van der Waals surface area (Å²) in [7, 11) is 1.59. The zero-order valence-corrected chi connectivity index (χ0v) is 13.6. The molecule has 0 aliphatic rings. The van der Waals surface area contributed by atoms with Gasteiger partial charge in [0.1, 0.15) is 17.4 Å². The molecule has 1 aromatic heterocycles. The Morgan fingerprint density at radius 1 is 1.32 bits per heavy atom. The number of hydrogen-bond donors (Lipinski definition) is 3. The zero-order valence-electron chi connectivity index (χ0n) is 13.6. The van der Waals surface area contributed by atoms with E-state index >= 15 is 0 Å². The largest absolute Gasteiger partial charge is 0.508 e. The van der Waals surface area contributed by atoms with E-state index in [9.17, 15) is 15.2 Å². The molecule has 0 saturated carbocycles. The predicted molar refractivity (Wildman–Crippen MR) is 94.4 cm³/mol. The van der Waals surface area contributed by atoms with Crippen LogP contribution in [0.2, 0.25) is 0 Å². The van der Waals surface area contributed by atoms with E-state index in [4.69, 9.17) is 4.74 Å². The van der Waals surface area contributed by atoms with Gasteiger partial charge in [0.15, 0.2) is 0 Å². The number of methoxy groups -OCH3 is 1. The number of phenolic OH excluding ortho intramolecular Hbond substituents is 1.